The molecule has 0 aliphatic heterocycles. The molecule has 0 aromatic rings. The SMILES string of the molecule is CCC(C)CCCCCCCCCCCCCCCCCCCCC(=O)O[C@H](COC(=O)CCCCCCCCC(C)CC)COP(=O)(O)OC[C@H](O)COP(=O)(O)OC[C@@H](COC(=O)CCCCCCCCCCCCCCCCC(C)CC)OC(=O)CCCCCCCCCCCCCCCCCCC(C)C. The summed E-state index contributed by atoms with van der Waals surface area (Å²) in [6.45, 7) is 14.4. The van der Waals surface area contributed by atoms with Crippen LogP contribution in [-0.4, -0.2) is 96.7 Å². The van der Waals surface area contributed by atoms with Crippen molar-refractivity contribution in [1.29, 1.82) is 0 Å². The van der Waals surface area contributed by atoms with Crippen LogP contribution in [0, 0.1) is 23.7 Å². The number of unbranched alkanes of at least 4 members (excludes halogenated alkanes) is 50. The second kappa shape index (κ2) is 78.6. The Labute approximate surface area is 670 Å². The maximum atomic E-state index is 13.2. The number of phosphoric acid groups is 2. The van der Waals surface area contributed by atoms with Crippen LogP contribution in [0.3, 0.4) is 0 Å². The lowest BCUT2D eigenvalue weighted by molar-refractivity contribution is -0.161. The van der Waals surface area contributed by atoms with E-state index in [0.717, 1.165) is 120 Å². The van der Waals surface area contributed by atoms with Crippen molar-refractivity contribution in [1.82, 2.24) is 0 Å². The number of phosphoric ester groups is 2. The van der Waals surface area contributed by atoms with Gasteiger partial charge in [0, 0.05) is 25.7 Å². The third-order valence-corrected chi connectivity index (χ3v) is 24.1. The van der Waals surface area contributed by atoms with Gasteiger partial charge in [-0.2, -0.15) is 0 Å². The van der Waals surface area contributed by atoms with Crippen molar-refractivity contribution in [2.24, 2.45) is 23.7 Å². The van der Waals surface area contributed by atoms with Crippen molar-refractivity contribution in [2.45, 2.75) is 491 Å². The first-order valence-corrected chi connectivity index (χ1v) is 49.3. The zero-order chi connectivity index (χ0) is 80.2. The van der Waals surface area contributed by atoms with Crippen LogP contribution >= 0.6 is 15.6 Å². The van der Waals surface area contributed by atoms with Gasteiger partial charge in [-0.15, -0.1) is 0 Å². The van der Waals surface area contributed by atoms with Gasteiger partial charge < -0.3 is 33.8 Å². The highest BCUT2D eigenvalue weighted by molar-refractivity contribution is 7.47. The molecule has 8 atom stereocenters. The number of carbonyl (C=O) groups excluding carboxylic acids is 4. The topological polar surface area (TPSA) is 237 Å². The minimum Gasteiger partial charge on any atom is -0.462 e. The summed E-state index contributed by atoms with van der Waals surface area (Å²) in [4.78, 5) is 73.4. The quantitative estimate of drug-likeness (QED) is 0.0222. The van der Waals surface area contributed by atoms with Crippen molar-refractivity contribution in [3.63, 3.8) is 0 Å². The Balaban J connectivity index is 5.22. The Morgan fingerprint density at radius 3 is 0.651 bits per heavy atom. The van der Waals surface area contributed by atoms with Crippen LogP contribution in [0.5, 0.6) is 0 Å². The molecule has 17 nitrogen and oxygen atoms in total. The van der Waals surface area contributed by atoms with Gasteiger partial charge in [-0.1, -0.05) is 421 Å². The van der Waals surface area contributed by atoms with E-state index in [0.29, 0.717) is 25.7 Å². The van der Waals surface area contributed by atoms with Crippen molar-refractivity contribution < 1.29 is 80.2 Å². The molecule has 0 rings (SSSR count). The van der Waals surface area contributed by atoms with Crippen molar-refractivity contribution in [2.75, 3.05) is 39.6 Å². The minimum absolute atomic E-state index is 0.107. The number of ether oxygens (including phenoxy) is 4. The molecule has 0 saturated carbocycles. The van der Waals surface area contributed by atoms with E-state index in [1.54, 1.807) is 0 Å². The largest absolute Gasteiger partial charge is 0.472 e. The molecule has 0 saturated heterocycles. The molecule has 19 heteroatoms. The molecule has 3 N–H and O–H groups in total. The van der Waals surface area contributed by atoms with Gasteiger partial charge in [0.2, 0.25) is 0 Å². The second-order valence-corrected chi connectivity index (χ2v) is 36.5. The smallest absolute Gasteiger partial charge is 0.462 e. The molecule has 5 unspecified atom stereocenters. The molecule has 0 aromatic heterocycles. The summed E-state index contributed by atoms with van der Waals surface area (Å²) in [5.74, 6) is 1.16. The summed E-state index contributed by atoms with van der Waals surface area (Å²) in [5.41, 5.74) is 0. The average molecular weight is 1590 g/mol. The van der Waals surface area contributed by atoms with E-state index in [1.807, 2.05) is 0 Å². The van der Waals surface area contributed by atoms with E-state index in [1.165, 1.54) is 270 Å². The van der Waals surface area contributed by atoms with Gasteiger partial charge in [0.15, 0.2) is 12.2 Å². The summed E-state index contributed by atoms with van der Waals surface area (Å²) in [6.07, 6.45) is 69.4. The van der Waals surface area contributed by atoms with E-state index < -0.39 is 97.5 Å². The van der Waals surface area contributed by atoms with E-state index in [9.17, 15) is 43.2 Å². The molecule has 0 fully saturated rings. The van der Waals surface area contributed by atoms with Gasteiger partial charge in [0.25, 0.3) is 0 Å². The van der Waals surface area contributed by atoms with E-state index >= 15 is 0 Å². The second-order valence-electron chi connectivity index (χ2n) is 33.5. The van der Waals surface area contributed by atoms with Crippen LogP contribution in [0.1, 0.15) is 473 Å². The Bertz CT molecular complexity index is 2120. The maximum absolute atomic E-state index is 13.2. The van der Waals surface area contributed by atoms with Crippen molar-refractivity contribution in [3.05, 3.63) is 0 Å². The number of carbonyl (C=O) groups is 4. The monoisotopic (exact) mass is 1590 g/mol. The fraction of sp³-hybridized carbons (Fsp3) is 0.956. The summed E-state index contributed by atoms with van der Waals surface area (Å²) >= 11 is 0. The highest BCUT2D eigenvalue weighted by atomic mass is 31.2. The number of aliphatic hydroxyl groups excluding tert-OH is 1. The van der Waals surface area contributed by atoms with Gasteiger partial charge in [-0.25, -0.2) is 9.13 Å². The Kier molecular flexibility index (Phi) is 77.2. The normalized spacial score (nSPS) is 14.6. The van der Waals surface area contributed by atoms with Crippen molar-refractivity contribution in [3.8, 4) is 0 Å². The highest BCUT2D eigenvalue weighted by Gasteiger charge is 2.31. The Hall–Kier alpha value is -1.94. The van der Waals surface area contributed by atoms with E-state index in [2.05, 4.69) is 55.4 Å². The van der Waals surface area contributed by atoms with Gasteiger partial charge >= 0.3 is 39.5 Å². The number of esters is 4. The lowest BCUT2D eigenvalue weighted by Gasteiger charge is -2.21. The van der Waals surface area contributed by atoms with E-state index in [-0.39, 0.29) is 25.7 Å². The molecule has 0 aromatic carbocycles. The number of hydrogen-bond acceptors (Lipinski definition) is 15. The summed E-state index contributed by atoms with van der Waals surface area (Å²) < 4.78 is 69.0. The standard InChI is InChI=1S/C90H176O17P2/c1-9-81(6)67-59-51-43-37-31-25-19-14-12-13-15-20-28-34-40-46-56-65-73-90(95)107-86(77-101-88(93)71-63-55-49-48-53-61-69-83(8)11-3)79-105-109(98,99)103-75-84(91)74-102-108(96,97)104-78-85(76-100-87(92)70-62-54-45-39-33-27-23-22-26-32-38-44-52-60-68-82(7)10-2)106-89(94)72-64-57-47-41-35-29-21-17-16-18-24-30-36-42-50-58-66-80(4)5/h80-86,91H,9-79H2,1-8H3,(H,96,97)(H,98,99)/t81?,82?,83?,84-,85-,86-/m1/s1. The molecular formula is C90H176O17P2. The lowest BCUT2D eigenvalue weighted by atomic mass is 9.99. The minimum atomic E-state index is -4.97. The van der Waals surface area contributed by atoms with Crippen LogP contribution in [-0.2, 0) is 65.4 Å². The zero-order valence-corrected chi connectivity index (χ0v) is 74.0. The summed E-state index contributed by atoms with van der Waals surface area (Å²) in [7, 11) is -9.94. The molecule has 0 heterocycles. The molecule has 0 aliphatic rings. The first kappa shape index (κ1) is 107. The first-order chi connectivity index (χ1) is 52.7. The molecule has 0 spiro atoms. The molecule has 0 aliphatic carbocycles. The predicted molar refractivity (Wildman–Crippen MR) is 451 cm³/mol. The van der Waals surface area contributed by atoms with Gasteiger partial charge in [-0.05, 0) is 49.4 Å². The fourth-order valence-corrected chi connectivity index (χ4v) is 15.5. The average Bonchev–Trinajstić information content (AvgIpc) is 0.898. The number of hydrogen-bond donors (Lipinski definition) is 3. The first-order valence-electron chi connectivity index (χ1n) is 46.3. The fourth-order valence-electron chi connectivity index (χ4n) is 13.9. The highest BCUT2D eigenvalue weighted by Crippen LogP contribution is 2.45. The summed E-state index contributed by atoms with van der Waals surface area (Å²) in [6, 6.07) is 0. The predicted octanol–water partition coefficient (Wildman–Crippen LogP) is 27.5. The zero-order valence-electron chi connectivity index (χ0n) is 72.2. The van der Waals surface area contributed by atoms with Gasteiger partial charge in [0.1, 0.15) is 19.3 Å². The van der Waals surface area contributed by atoms with Gasteiger partial charge in [0.05, 0.1) is 26.4 Å². The number of aliphatic hydroxyl groups is 1. The van der Waals surface area contributed by atoms with Crippen LogP contribution < -0.4 is 0 Å². The third-order valence-electron chi connectivity index (χ3n) is 22.2. The van der Waals surface area contributed by atoms with Crippen LogP contribution in [0.2, 0.25) is 0 Å². The molecular weight excluding hydrogens is 1410 g/mol. The van der Waals surface area contributed by atoms with Crippen molar-refractivity contribution >= 4 is 39.5 Å². The Morgan fingerprint density at radius 1 is 0.257 bits per heavy atom. The molecule has 109 heavy (non-hydrogen) atoms. The third kappa shape index (κ3) is 79.7. The van der Waals surface area contributed by atoms with E-state index in [4.69, 9.17) is 37.0 Å². The molecule has 0 bridgehead atoms. The lowest BCUT2D eigenvalue weighted by Crippen LogP contribution is -2.30. The molecule has 648 valence electrons. The maximum Gasteiger partial charge on any atom is 0.472 e. The summed E-state index contributed by atoms with van der Waals surface area (Å²) in [5, 5.41) is 10.7. The van der Waals surface area contributed by atoms with Crippen LogP contribution in [0.15, 0.2) is 0 Å². The number of rotatable bonds is 87. The molecule has 0 amide bonds. The van der Waals surface area contributed by atoms with Crippen LogP contribution in [0.25, 0.3) is 0 Å². The Morgan fingerprint density at radius 2 is 0.440 bits per heavy atom. The molecule has 0 radical (unpaired) electrons. The van der Waals surface area contributed by atoms with Crippen LogP contribution in [0.4, 0.5) is 0 Å². The van der Waals surface area contributed by atoms with Gasteiger partial charge in [-0.3, -0.25) is 37.3 Å².